The Morgan fingerprint density at radius 3 is 2.85 bits per heavy atom. The Balaban J connectivity index is 1.88. The number of aliphatic imine (C=N–C) groups is 1. The number of hydrogen-bond donors (Lipinski definition) is 2. The first-order valence-electron chi connectivity index (χ1n) is 9.20. The average molecular weight is 381 g/mol. The molecule has 1 aliphatic rings. The van der Waals surface area contributed by atoms with E-state index in [1.165, 1.54) is 12.1 Å². The predicted octanol–water partition coefficient (Wildman–Crippen LogP) is 2.59. The number of carbonyl (C=O) groups is 1. The maximum atomic E-state index is 13.6. The molecule has 1 amide bonds. The summed E-state index contributed by atoms with van der Waals surface area (Å²) in [6.07, 6.45) is 0. The van der Waals surface area contributed by atoms with Crippen LogP contribution in [0.25, 0.3) is 0 Å². The molecule has 0 radical (unpaired) electrons. The molecule has 144 valence electrons. The molecule has 1 fully saturated rings. The van der Waals surface area contributed by atoms with Crippen molar-refractivity contribution in [1.29, 1.82) is 0 Å². The maximum absolute atomic E-state index is 13.6. The van der Waals surface area contributed by atoms with Gasteiger partial charge in [-0.3, -0.25) is 9.79 Å². The van der Waals surface area contributed by atoms with E-state index in [0.29, 0.717) is 24.3 Å². The fraction of sp³-hybridized carbons (Fsp3) is 0.579. The SMILES string of the molecule is CCNC(=NCCNC(=O)c1ccccc1F)N1CCSC(C(C)C)C1. The number of hydrogen-bond acceptors (Lipinski definition) is 3. The van der Waals surface area contributed by atoms with Gasteiger partial charge in [0.25, 0.3) is 5.91 Å². The van der Waals surface area contributed by atoms with Crippen LogP contribution in [0.2, 0.25) is 0 Å². The van der Waals surface area contributed by atoms with Crippen LogP contribution in [0, 0.1) is 11.7 Å². The number of carbonyl (C=O) groups excluding carboxylic acids is 1. The minimum Gasteiger partial charge on any atom is -0.357 e. The zero-order valence-electron chi connectivity index (χ0n) is 15.8. The highest BCUT2D eigenvalue weighted by Crippen LogP contribution is 2.24. The first-order valence-corrected chi connectivity index (χ1v) is 10.2. The zero-order valence-corrected chi connectivity index (χ0v) is 16.6. The Morgan fingerprint density at radius 1 is 1.38 bits per heavy atom. The molecule has 1 aliphatic heterocycles. The molecular weight excluding hydrogens is 351 g/mol. The van der Waals surface area contributed by atoms with E-state index in [0.717, 1.165) is 31.3 Å². The largest absolute Gasteiger partial charge is 0.357 e. The number of guanidine groups is 1. The van der Waals surface area contributed by atoms with E-state index in [1.807, 2.05) is 18.7 Å². The van der Waals surface area contributed by atoms with Crippen LogP contribution in [0.15, 0.2) is 29.3 Å². The first-order chi connectivity index (χ1) is 12.5. The molecule has 7 heteroatoms. The highest BCUT2D eigenvalue weighted by atomic mass is 32.2. The summed E-state index contributed by atoms with van der Waals surface area (Å²) in [6.45, 7) is 10.1. The van der Waals surface area contributed by atoms with E-state index in [2.05, 4.69) is 34.4 Å². The van der Waals surface area contributed by atoms with Crippen molar-refractivity contribution in [2.24, 2.45) is 10.9 Å². The first kappa shape index (κ1) is 20.6. The van der Waals surface area contributed by atoms with Crippen LogP contribution >= 0.6 is 11.8 Å². The van der Waals surface area contributed by atoms with Gasteiger partial charge < -0.3 is 15.5 Å². The number of nitrogens with one attached hydrogen (secondary N) is 2. The lowest BCUT2D eigenvalue weighted by molar-refractivity contribution is 0.0950. The van der Waals surface area contributed by atoms with Crippen LogP contribution in [0.1, 0.15) is 31.1 Å². The second kappa shape index (κ2) is 10.4. The van der Waals surface area contributed by atoms with Crippen molar-refractivity contribution >= 4 is 23.6 Å². The maximum Gasteiger partial charge on any atom is 0.254 e. The summed E-state index contributed by atoms with van der Waals surface area (Å²) < 4.78 is 13.6. The smallest absolute Gasteiger partial charge is 0.254 e. The Morgan fingerprint density at radius 2 is 2.15 bits per heavy atom. The summed E-state index contributed by atoms with van der Waals surface area (Å²) >= 11 is 2.02. The van der Waals surface area contributed by atoms with Gasteiger partial charge in [0.1, 0.15) is 5.82 Å². The lowest BCUT2D eigenvalue weighted by Gasteiger charge is -2.36. The van der Waals surface area contributed by atoms with Gasteiger partial charge in [-0.05, 0) is 25.0 Å². The van der Waals surface area contributed by atoms with Gasteiger partial charge in [-0.25, -0.2) is 4.39 Å². The van der Waals surface area contributed by atoms with Crippen LogP contribution in [-0.2, 0) is 0 Å². The standard InChI is InChI=1S/C19H29FN4OS/c1-4-21-19(24-11-12-26-17(13-24)14(2)3)23-10-9-22-18(25)15-7-5-6-8-16(15)20/h5-8,14,17H,4,9-13H2,1-3H3,(H,21,23)(H,22,25). The van der Waals surface area contributed by atoms with Gasteiger partial charge in [0.05, 0.1) is 12.1 Å². The summed E-state index contributed by atoms with van der Waals surface area (Å²) in [6, 6.07) is 5.99. The van der Waals surface area contributed by atoms with Crippen molar-refractivity contribution in [2.45, 2.75) is 26.0 Å². The molecule has 5 nitrogen and oxygen atoms in total. The van der Waals surface area contributed by atoms with E-state index < -0.39 is 11.7 Å². The summed E-state index contributed by atoms with van der Waals surface area (Å²) in [4.78, 5) is 19.0. The zero-order chi connectivity index (χ0) is 18.9. The van der Waals surface area contributed by atoms with Gasteiger partial charge in [0, 0.05) is 37.2 Å². The number of nitrogens with zero attached hydrogens (tertiary/aromatic N) is 2. The molecular formula is C19H29FN4OS. The Kier molecular flexibility index (Phi) is 8.22. The van der Waals surface area contributed by atoms with Crippen molar-refractivity contribution in [3.05, 3.63) is 35.6 Å². The lowest BCUT2D eigenvalue weighted by Crippen LogP contribution is -2.49. The summed E-state index contributed by atoms with van der Waals surface area (Å²) in [5.74, 6) is 1.70. The van der Waals surface area contributed by atoms with Crippen molar-refractivity contribution in [3.8, 4) is 0 Å². The summed E-state index contributed by atoms with van der Waals surface area (Å²) in [7, 11) is 0. The van der Waals surface area contributed by atoms with E-state index in [1.54, 1.807) is 12.1 Å². The fourth-order valence-corrected chi connectivity index (χ4v) is 4.07. The molecule has 2 N–H and O–H groups in total. The molecule has 1 saturated heterocycles. The normalized spacial score (nSPS) is 18.1. The van der Waals surface area contributed by atoms with E-state index >= 15 is 0 Å². The van der Waals surface area contributed by atoms with Gasteiger partial charge in [0.2, 0.25) is 0 Å². The third kappa shape index (κ3) is 5.90. The highest BCUT2D eigenvalue weighted by Gasteiger charge is 2.24. The van der Waals surface area contributed by atoms with Crippen LogP contribution in [0.4, 0.5) is 4.39 Å². The summed E-state index contributed by atoms with van der Waals surface area (Å²) in [5, 5.41) is 6.67. The molecule has 0 aliphatic carbocycles. The van der Waals surface area contributed by atoms with Gasteiger partial charge in [-0.1, -0.05) is 26.0 Å². The van der Waals surface area contributed by atoms with Crippen molar-refractivity contribution in [1.82, 2.24) is 15.5 Å². The summed E-state index contributed by atoms with van der Waals surface area (Å²) in [5.41, 5.74) is 0.0659. The van der Waals surface area contributed by atoms with E-state index in [-0.39, 0.29) is 5.56 Å². The van der Waals surface area contributed by atoms with Gasteiger partial charge >= 0.3 is 0 Å². The van der Waals surface area contributed by atoms with Gasteiger partial charge in [-0.15, -0.1) is 0 Å². The Labute approximate surface area is 159 Å². The second-order valence-electron chi connectivity index (χ2n) is 6.57. The topological polar surface area (TPSA) is 56.7 Å². The quantitative estimate of drug-likeness (QED) is 0.452. The minimum atomic E-state index is -0.507. The van der Waals surface area contributed by atoms with E-state index in [4.69, 9.17) is 0 Å². The molecule has 1 aromatic carbocycles. The molecule has 0 saturated carbocycles. The molecule has 0 spiro atoms. The van der Waals surface area contributed by atoms with Gasteiger partial charge in [0.15, 0.2) is 5.96 Å². The van der Waals surface area contributed by atoms with Crippen LogP contribution in [-0.4, -0.2) is 60.5 Å². The molecule has 26 heavy (non-hydrogen) atoms. The van der Waals surface area contributed by atoms with E-state index in [9.17, 15) is 9.18 Å². The highest BCUT2D eigenvalue weighted by molar-refractivity contribution is 8.00. The number of halogens is 1. The van der Waals surface area contributed by atoms with Gasteiger partial charge in [-0.2, -0.15) is 11.8 Å². The third-order valence-electron chi connectivity index (χ3n) is 4.25. The molecule has 1 aromatic rings. The van der Waals surface area contributed by atoms with Crippen LogP contribution < -0.4 is 10.6 Å². The van der Waals surface area contributed by atoms with Crippen molar-refractivity contribution in [2.75, 3.05) is 38.5 Å². The number of rotatable bonds is 6. The molecule has 0 bridgehead atoms. The Bertz CT molecular complexity index is 623. The number of benzene rings is 1. The van der Waals surface area contributed by atoms with Crippen molar-refractivity contribution < 1.29 is 9.18 Å². The fourth-order valence-electron chi connectivity index (χ4n) is 2.77. The molecule has 2 rings (SSSR count). The molecule has 1 unspecified atom stereocenters. The third-order valence-corrected chi connectivity index (χ3v) is 5.79. The average Bonchev–Trinajstić information content (AvgIpc) is 2.64. The Hall–Kier alpha value is -1.76. The van der Waals surface area contributed by atoms with Crippen molar-refractivity contribution in [3.63, 3.8) is 0 Å². The molecule has 0 aromatic heterocycles. The predicted molar refractivity (Wildman–Crippen MR) is 107 cm³/mol. The second-order valence-corrected chi connectivity index (χ2v) is 7.92. The van der Waals surface area contributed by atoms with Crippen LogP contribution in [0.3, 0.4) is 0 Å². The van der Waals surface area contributed by atoms with Crippen LogP contribution in [0.5, 0.6) is 0 Å². The molecule has 1 atom stereocenters. The number of thioether (sulfide) groups is 1. The number of amides is 1. The lowest BCUT2D eigenvalue weighted by atomic mass is 10.1. The monoisotopic (exact) mass is 380 g/mol. The molecule has 1 heterocycles. The minimum absolute atomic E-state index is 0.0659.